The molecule has 0 aliphatic heterocycles. The Morgan fingerprint density at radius 3 is 2.45 bits per heavy atom. The van der Waals surface area contributed by atoms with Crippen molar-refractivity contribution in [2.45, 2.75) is 20.4 Å². The van der Waals surface area contributed by atoms with Gasteiger partial charge in [0.25, 0.3) is 5.91 Å². The Labute approximate surface area is 195 Å². The summed E-state index contributed by atoms with van der Waals surface area (Å²) in [7, 11) is 0. The lowest BCUT2D eigenvalue weighted by Gasteiger charge is -2.19. The van der Waals surface area contributed by atoms with E-state index in [0.29, 0.717) is 28.7 Å². The molecule has 0 saturated carbocycles. The van der Waals surface area contributed by atoms with Gasteiger partial charge in [-0.15, -0.1) is 0 Å². The standard InChI is InChI=1S/C27H22N2O3S/c1-18-15-19(2)25-24(16-18)33-27(28-25)29(17-23-9-6-14-31-23)26(30)20-10-12-22(13-11-20)32-21-7-4-3-5-8-21/h3-16H,17H2,1-2H3. The number of thiazole rings is 1. The Kier molecular flexibility index (Phi) is 5.67. The van der Waals surface area contributed by atoms with Gasteiger partial charge in [-0.3, -0.25) is 9.69 Å². The van der Waals surface area contributed by atoms with Crippen LogP contribution in [0.1, 0.15) is 27.2 Å². The number of para-hydroxylation sites is 1. The van der Waals surface area contributed by atoms with E-state index in [1.807, 2.05) is 49.4 Å². The summed E-state index contributed by atoms with van der Waals surface area (Å²) >= 11 is 1.51. The highest BCUT2D eigenvalue weighted by atomic mass is 32.1. The van der Waals surface area contributed by atoms with E-state index in [2.05, 4.69) is 19.1 Å². The van der Waals surface area contributed by atoms with Crippen LogP contribution in [0, 0.1) is 13.8 Å². The monoisotopic (exact) mass is 454 g/mol. The van der Waals surface area contributed by atoms with Crippen molar-refractivity contribution in [2.75, 3.05) is 4.90 Å². The van der Waals surface area contributed by atoms with Crippen LogP contribution in [-0.4, -0.2) is 10.9 Å². The Balaban J connectivity index is 1.46. The minimum Gasteiger partial charge on any atom is -0.467 e. The molecule has 164 valence electrons. The first-order valence-corrected chi connectivity index (χ1v) is 11.4. The van der Waals surface area contributed by atoms with Crippen molar-refractivity contribution in [3.05, 3.63) is 108 Å². The summed E-state index contributed by atoms with van der Waals surface area (Å²) in [6.45, 7) is 4.41. The summed E-state index contributed by atoms with van der Waals surface area (Å²) in [6, 6.07) is 24.6. The predicted molar refractivity (Wildman–Crippen MR) is 131 cm³/mol. The summed E-state index contributed by atoms with van der Waals surface area (Å²) in [5.74, 6) is 1.96. The number of benzene rings is 3. The van der Waals surface area contributed by atoms with E-state index in [0.717, 1.165) is 21.5 Å². The van der Waals surface area contributed by atoms with Crippen LogP contribution < -0.4 is 9.64 Å². The Morgan fingerprint density at radius 2 is 1.73 bits per heavy atom. The molecule has 1 amide bonds. The first kappa shape index (κ1) is 21.0. The molecule has 6 heteroatoms. The summed E-state index contributed by atoms with van der Waals surface area (Å²) in [5.41, 5.74) is 3.74. The molecule has 0 unspecified atom stereocenters. The van der Waals surface area contributed by atoms with E-state index in [1.54, 1.807) is 35.4 Å². The molecular weight excluding hydrogens is 432 g/mol. The topological polar surface area (TPSA) is 55.6 Å². The molecule has 0 fully saturated rings. The Morgan fingerprint density at radius 1 is 0.970 bits per heavy atom. The molecule has 0 bridgehead atoms. The first-order valence-electron chi connectivity index (χ1n) is 10.6. The Bertz CT molecular complexity index is 1390. The number of aromatic nitrogens is 1. The third kappa shape index (κ3) is 4.52. The fraction of sp³-hybridized carbons (Fsp3) is 0.111. The average molecular weight is 455 g/mol. The maximum atomic E-state index is 13.6. The van der Waals surface area contributed by atoms with Gasteiger partial charge >= 0.3 is 0 Å². The third-order valence-electron chi connectivity index (χ3n) is 5.27. The van der Waals surface area contributed by atoms with Gasteiger partial charge in [0.15, 0.2) is 5.13 Å². The van der Waals surface area contributed by atoms with Gasteiger partial charge in [0.05, 0.1) is 23.0 Å². The highest BCUT2D eigenvalue weighted by molar-refractivity contribution is 7.22. The zero-order valence-corrected chi connectivity index (χ0v) is 19.1. The second-order valence-electron chi connectivity index (χ2n) is 7.84. The Hall–Kier alpha value is -3.90. The lowest BCUT2D eigenvalue weighted by Crippen LogP contribution is -2.30. The fourth-order valence-electron chi connectivity index (χ4n) is 3.71. The van der Waals surface area contributed by atoms with E-state index in [1.165, 1.54) is 16.9 Å². The number of nitrogens with zero attached hydrogens (tertiary/aromatic N) is 2. The van der Waals surface area contributed by atoms with Crippen molar-refractivity contribution in [3.8, 4) is 11.5 Å². The van der Waals surface area contributed by atoms with Gasteiger partial charge < -0.3 is 9.15 Å². The number of hydrogen-bond acceptors (Lipinski definition) is 5. The van der Waals surface area contributed by atoms with E-state index in [9.17, 15) is 4.79 Å². The molecule has 2 heterocycles. The number of hydrogen-bond donors (Lipinski definition) is 0. The number of ether oxygens (including phenoxy) is 1. The van der Waals surface area contributed by atoms with Gasteiger partial charge in [0.1, 0.15) is 17.3 Å². The molecule has 5 rings (SSSR count). The summed E-state index contributed by atoms with van der Waals surface area (Å²) < 4.78 is 12.5. The number of amides is 1. The molecule has 0 N–H and O–H groups in total. The minimum atomic E-state index is -0.147. The van der Waals surface area contributed by atoms with Crippen molar-refractivity contribution in [1.29, 1.82) is 0 Å². The fourth-order valence-corrected chi connectivity index (χ4v) is 4.84. The normalized spacial score (nSPS) is 11.0. The summed E-state index contributed by atoms with van der Waals surface area (Å²) in [6.07, 6.45) is 1.61. The smallest absolute Gasteiger partial charge is 0.260 e. The van der Waals surface area contributed by atoms with Crippen LogP contribution in [0.5, 0.6) is 11.5 Å². The third-order valence-corrected chi connectivity index (χ3v) is 6.29. The number of furan rings is 1. The SMILES string of the molecule is Cc1cc(C)c2nc(N(Cc3ccco3)C(=O)c3ccc(Oc4ccccc4)cc3)sc2c1. The molecular formula is C27H22N2O3S. The summed E-state index contributed by atoms with van der Waals surface area (Å²) in [5, 5.41) is 0.643. The lowest BCUT2D eigenvalue weighted by molar-refractivity contribution is 0.0983. The van der Waals surface area contributed by atoms with Crippen LogP contribution >= 0.6 is 11.3 Å². The van der Waals surface area contributed by atoms with Crippen molar-refractivity contribution >= 4 is 32.6 Å². The second kappa shape index (κ2) is 8.92. The van der Waals surface area contributed by atoms with Crippen molar-refractivity contribution in [3.63, 3.8) is 0 Å². The van der Waals surface area contributed by atoms with E-state index in [4.69, 9.17) is 14.1 Å². The number of carbonyl (C=O) groups excluding carboxylic acids is 1. The highest BCUT2D eigenvalue weighted by Gasteiger charge is 2.23. The van der Waals surface area contributed by atoms with Crippen LogP contribution in [0.2, 0.25) is 0 Å². The van der Waals surface area contributed by atoms with Crippen LogP contribution in [0.25, 0.3) is 10.2 Å². The number of rotatable bonds is 6. The maximum absolute atomic E-state index is 13.6. The molecule has 0 atom stereocenters. The largest absolute Gasteiger partial charge is 0.467 e. The van der Waals surface area contributed by atoms with Crippen molar-refractivity contribution < 1.29 is 13.9 Å². The van der Waals surface area contributed by atoms with E-state index in [-0.39, 0.29) is 5.91 Å². The van der Waals surface area contributed by atoms with Crippen LogP contribution in [-0.2, 0) is 6.54 Å². The molecule has 0 aliphatic rings. The van der Waals surface area contributed by atoms with Crippen LogP contribution in [0.3, 0.4) is 0 Å². The van der Waals surface area contributed by atoms with Gasteiger partial charge in [-0.05, 0) is 79.6 Å². The molecule has 0 saturated heterocycles. The zero-order valence-electron chi connectivity index (χ0n) is 18.3. The van der Waals surface area contributed by atoms with E-state index >= 15 is 0 Å². The first-order chi connectivity index (χ1) is 16.1. The number of carbonyl (C=O) groups is 1. The predicted octanol–water partition coefficient (Wildman–Crippen LogP) is 7.15. The molecule has 33 heavy (non-hydrogen) atoms. The average Bonchev–Trinajstić information content (AvgIpc) is 3.48. The number of fused-ring (bicyclic) bond motifs is 1. The van der Waals surface area contributed by atoms with Gasteiger partial charge in [0, 0.05) is 5.56 Å². The van der Waals surface area contributed by atoms with E-state index < -0.39 is 0 Å². The second-order valence-corrected chi connectivity index (χ2v) is 8.84. The molecule has 0 aliphatic carbocycles. The van der Waals surface area contributed by atoms with Gasteiger partial charge in [-0.1, -0.05) is 35.6 Å². The van der Waals surface area contributed by atoms with Crippen LogP contribution in [0.15, 0.2) is 89.5 Å². The summed E-state index contributed by atoms with van der Waals surface area (Å²) in [4.78, 5) is 20.1. The van der Waals surface area contributed by atoms with Gasteiger partial charge in [-0.2, -0.15) is 0 Å². The van der Waals surface area contributed by atoms with Crippen molar-refractivity contribution in [2.24, 2.45) is 0 Å². The molecule has 0 spiro atoms. The van der Waals surface area contributed by atoms with Crippen molar-refractivity contribution in [1.82, 2.24) is 4.98 Å². The molecule has 5 nitrogen and oxygen atoms in total. The quantitative estimate of drug-likeness (QED) is 0.273. The molecule has 5 aromatic rings. The van der Waals surface area contributed by atoms with Gasteiger partial charge in [0.2, 0.25) is 0 Å². The highest BCUT2D eigenvalue weighted by Crippen LogP contribution is 2.33. The van der Waals surface area contributed by atoms with Crippen LogP contribution in [0.4, 0.5) is 5.13 Å². The molecule has 0 radical (unpaired) electrons. The minimum absolute atomic E-state index is 0.147. The lowest BCUT2D eigenvalue weighted by atomic mass is 10.1. The maximum Gasteiger partial charge on any atom is 0.260 e. The molecule has 2 aromatic heterocycles. The zero-order chi connectivity index (χ0) is 22.8. The number of aryl methyl sites for hydroxylation is 2. The van der Waals surface area contributed by atoms with Gasteiger partial charge in [-0.25, -0.2) is 4.98 Å². The number of anilines is 1. The molecule has 3 aromatic carbocycles.